The number of nitrogens with zero attached hydrogens (tertiary/aromatic N) is 3. The molecule has 0 saturated heterocycles. The summed E-state index contributed by atoms with van der Waals surface area (Å²) in [5.74, 6) is 0.707. The smallest absolute Gasteiger partial charge is 0.233 e. The van der Waals surface area contributed by atoms with Gasteiger partial charge in [-0.25, -0.2) is 4.52 Å². The minimum Gasteiger partial charge on any atom is -0.477 e. The summed E-state index contributed by atoms with van der Waals surface area (Å²) in [4.78, 5) is 2.39. The quantitative estimate of drug-likeness (QED) is 0.563. The number of hydrogen-bond donors (Lipinski definition) is 0. The molecule has 4 nitrogen and oxygen atoms in total. The molecule has 1 aromatic carbocycles. The molecule has 3 rings (SSSR count). The average molecular weight is 323 g/mol. The molecule has 0 radical (unpaired) electrons. The van der Waals surface area contributed by atoms with Crippen molar-refractivity contribution < 1.29 is 4.74 Å². The Morgan fingerprint density at radius 3 is 2.67 bits per heavy atom. The van der Waals surface area contributed by atoms with E-state index in [1.54, 1.807) is 0 Å². The number of hydrogen-bond acceptors (Lipinski definition) is 3. The summed E-state index contributed by atoms with van der Waals surface area (Å²) in [6.07, 6.45) is 5.22. The lowest BCUT2D eigenvalue weighted by Crippen LogP contribution is -2.22. The first-order chi connectivity index (χ1) is 11.8. The van der Waals surface area contributed by atoms with Crippen LogP contribution in [0.4, 0.5) is 0 Å². The molecule has 0 amide bonds. The molecule has 24 heavy (non-hydrogen) atoms. The lowest BCUT2D eigenvalue weighted by molar-refractivity contribution is 0.272. The van der Waals surface area contributed by atoms with Gasteiger partial charge in [0.1, 0.15) is 0 Å². The summed E-state index contributed by atoms with van der Waals surface area (Å²) in [7, 11) is 2.19. The largest absolute Gasteiger partial charge is 0.477 e. The second-order valence-electron chi connectivity index (χ2n) is 6.15. The predicted octanol–water partition coefficient (Wildman–Crippen LogP) is 3.67. The molecule has 0 N–H and O–H groups in total. The molecule has 0 atom stereocenters. The molecule has 0 aliphatic carbocycles. The number of pyridine rings is 1. The van der Waals surface area contributed by atoms with Crippen molar-refractivity contribution in [1.82, 2.24) is 14.5 Å². The maximum absolute atomic E-state index is 5.75. The molecule has 0 aliphatic heterocycles. The van der Waals surface area contributed by atoms with Crippen molar-refractivity contribution >= 4 is 5.52 Å². The minimum absolute atomic E-state index is 0.707. The van der Waals surface area contributed by atoms with Gasteiger partial charge in [0, 0.05) is 18.8 Å². The molecule has 3 aromatic rings. The van der Waals surface area contributed by atoms with Crippen molar-refractivity contribution in [3.63, 3.8) is 0 Å². The molecule has 2 aromatic heterocycles. The van der Waals surface area contributed by atoms with Gasteiger partial charge in [0.05, 0.1) is 12.1 Å². The van der Waals surface area contributed by atoms with Crippen molar-refractivity contribution in [2.24, 2.45) is 0 Å². The van der Waals surface area contributed by atoms with Gasteiger partial charge in [0.25, 0.3) is 0 Å². The van der Waals surface area contributed by atoms with Crippen LogP contribution in [0, 0.1) is 0 Å². The predicted molar refractivity (Wildman–Crippen MR) is 97.6 cm³/mol. The van der Waals surface area contributed by atoms with Crippen LogP contribution in [0.2, 0.25) is 0 Å². The van der Waals surface area contributed by atoms with Crippen LogP contribution in [0.15, 0.2) is 60.8 Å². The van der Waals surface area contributed by atoms with Gasteiger partial charge < -0.3 is 9.64 Å². The molecule has 0 spiro atoms. The fraction of sp³-hybridized carbons (Fsp3) is 0.350. The van der Waals surface area contributed by atoms with Crippen LogP contribution in [-0.2, 0) is 6.42 Å². The van der Waals surface area contributed by atoms with Gasteiger partial charge in [-0.05, 0) is 50.6 Å². The number of benzene rings is 1. The Morgan fingerprint density at radius 2 is 1.83 bits per heavy atom. The first-order valence-corrected chi connectivity index (χ1v) is 8.61. The van der Waals surface area contributed by atoms with Crippen LogP contribution >= 0.6 is 0 Å². The summed E-state index contributed by atoms with van der Waals surface area (Å²) in [6.45, 7) is 2.91. The lowest BCUT2D eigenvalue weighted by Gasteiger charge is -2.16. The molecule has 4 heteroatoms. The number of unbranched alkanes of at least 4 members (excludes halogenated alkanes) is 1. The number of likely N-dealkylation sites (N-methyl/N-ethyl adjacent to an activating group) is 1. The third-order valence-electron chi connectivity index (χ3n) is 4.16. The molecule has 0 unspecified atom stereocenters. The SMILES string of the molecule is CN(CCCCOc1cc2ccccn2n1)CCc1ccccc1. The molecule has 0 bridgehead atoms. The molecule has 0 aliphatic rings. The van der Waals surface area contributed by atoms with Crippen LogP contribution in [0.3, 0.4) is 0 Å². The molecule has 126 valence electrons. The summed E-state index contributed by atoms with van der Waals surface area (Å²) in [5.41, 5.74) is 2.47. The molecular weight excluding hydrogens is 298 g/mol. The Morgan fingerprint density at radius 1 is 1.00 bits per heavy atom. The van der Waals surface area contributed by atoms with Crippen molar-refractivity contribution in [3.8, 4) is 5.88 Å². The molecule has 0 fully saturated rings. The maximum atomic E-state index is 5.75. The van der Waals surface area contributed by atoms with E-state index in [-0.39, 0.29) is 0 Å². The zero-order valence-corrected chi connectivity index (χ0v) is 14.3. The number of rotatable bonds is 9. The minimum atomic E-state index is 0.707. The Hall–Kier alpha value is -2.33. The second-order valence-corrected chi connectivity index (χ2v) is 6.15. The summed E-state index contributed by atoms with van der Waals surface area (Å²) in [6, 6.07) is 18.6. The fourth-order valence-corrected chi connectivity index (χ4v) is 2.72. The highest BCUT2D eigenvalue weighted by atomic mass is 16.5. The van der Waals surface area contributed by atoms with Crippen LogP contribution in [0.5, 0.6) is 5.88 Å². The van der Waals surface area contributed by atoms with Crippen LogP contribution in [0.25, 0.3) is 5.52 Å². The van der Waals surface area contributed by atoms with Crippen LogP contribution < -0.4 is 4.74 Å². The number of fused-ring (bicyclic) bond motifs is 1. The van der Waals surface area contributed by atoms with Gasteiger partial charge in [-0.3, -0.25) is 0 Å². The van der Waals surface area contributed by atoms with Gasteiger partial charge in [0.2, 0.25) is 5.88 Å². The van der Waals surface area contributed by atoms with E-state index in [0.717, 1.165) is 44.5 Å². The van der Waals surface area contributed by atoms with Crippen molar-refractivity contribution in [1.29, 1.82) is 0 Å². The van der Waals surface area contributed by atoms with E-state index >= 15 is 0 Å². The van der Waals surface area contributed by atoms with E-state index in [0.29, 0.717) is 5.88 Å². The summed E-state index contributed by atoms with van der Waals surface area (Å²) >= 11 is 0. The van der Waals surface area contributed by atoms with E-state index in [1.807, 2.05) is 35.0 Å². The zero-order chi connectivity index (χ0) is 16.6. The van der Waals surface area contributed by atoms with Gasteiger partial charge in [-0.15, -0.1) is 5.10 Å². The molecule has 0 saturated carbocycles. The Balaban J connectivity index is 1.30. The van der Waals surface area contributed by atoms with E-state index < -0.39 is 0 Å². The highest BCUT2D eigenvalue weighted by molar-refractivity contribution is 5.48. The van der Waals surface area contributed by atoms with Crippen molar-refractivity contribution in [3.05, 3.63) is 66.4 Å². The summed E-state index contributed by atoms with van der Waals surface area (Å²) < 4.78 is 7.59. The third-order valence-corrected chi connectivity index (χ3v) is 4.16. The average Bonchev–Trinajstić information content (AvgIpc) is 3.03. The normalized spacial score (nSPS) is 11.2. The Bertz CT molecular complexity index is 706. The van der Waals surface area contributed by atoms with E-state index in [1.165, 1.54) is 5.56 Å². The fourth-order valence-electron chi connectivity index (χ4n) is 2.72. The molecule has 2 heterocycles. The van der Waals surface area contributed by atoms with Gasteiger partial charge in [0.15, 0.2) is 0 Å². The first kappa shape index (κ1) is 16.5. The Kier molecular flexibility index (Phi) is 5.85. The van der Waals surface area contributed by atoms with Crippen LogP contribution in [0.1, 0.15) is 18.4 Å². The maximum Gasteiger partial charge on any atom is 0.233 e. The van der Waals surface area contributed by atoms with Gasteiger partial charge in [-0.2, -0.15) is 0 Å². The molecular formula is C20H25N3O. The van der Waals surface area contributed by atoms with Crippen molar-refractivity contribution in [2.45, 2.75) is 19.3 Å². The Labute approximate surface area is 143 Å². The number of aromatic nitrogens is 2. The van der Waals surface area contributed by atoms with Crippen molar-refractivity contribution in [2.75, 3.05) is 26.7 Å². The number of ether oxygens (including phenoxy) is 1. The van der Waals surface area contributed by atoms with E-state index in [9.17, 15) is 0 Å². The van der Waals surface area contributed by atoms with Gasteiger partial charge in [-0.1, -0.05) is 36.4 Å². The van der Waals surface area contributed by atoms with E-state index in [4.69, 9.17) is 4.74 Å². The lowest BCUT2D eigenvalue weighted by atomic mass is 10.1. The third kappa shape index (κ3) is 4.83. The second kappa shape index (κ2) is 8.50. The van der Waals surface area contributed by atoms with Gasteiger partial charge >= 0.3 is 0 Å². The zero-order valence-electron chi connectivity index (χ0n) is 14.3. The van der Waals surface area contributed by atoms with E-state index in [2.05, 4.69) is 47.4 Å². The van der Waals surface area contributed by atoms with Crippen LogP contribution in [-0.4, -0.2) is 41.3 Å². The highest BCUT2D eigenvalue weighted by Crippen LogP contribution is 2.12. The first-order valence-electron chi connectivity index (χ1n) is 8.61. The highest BCUT2D eigenvalue weighted by Gasteiger charge is 2.02. The monoisotopic (exact) mass is 323 g/mol. The standard InChI is InChI=1S/C20H25N3O/c1-22(15-12-18-9-3-2-4-10-18)13-7-8-16-24-20-17-19-11-5-6-14-23(19)21-20/h2-6,9-11,14,17H,7-8,12-13,15-16H2,1H3. The summed E-state index contributed by atoms with van der Waals surface area (Å²) in [5, 5.41) is 4.39. The topological polar surface area (TPSA) is 29.8 Å².